The van der Waals surface area contributed by atoms with Crippen molar-refractivity contribution in [3.63, 3.8) is 0 Å². The Bertz CT molecular complexity index is 760. The van der Waals surface area contributed by atoms with Crippen LogP contribution in [0, 0.1) is 9.49 Å². The fourth-order valence-corrected chi connectivity index (χ4v) is 3.50. The molecule has 0 saturated heterocycles. The van der Waals surface area contributed by atoms with Crippen LogP contribution in [-0.4, -0.2) is 19.1 Å². The quantitative estimate of drug-likeness (QED) is 0.693. The van der Waals surface area contributed by atoms with Crippen LogP contribution in [0.3, 0.4) is 0 Å². The Labute approximate surface area is 162 Å². The predicted molar refractivity (Wildman–Crippen MR) is 106 cm³/mol. The molecule has 4 nitrogen and oxygen atoms in total. The molecule has 1 aliphatic heterocycles. The van der Waals surface area contributed by atoms with Gasteiger partial charge in [-0.2, -0.15) is 0 Å². The molecule has 132 valence electrons. The average molecular weight is 451 g/mol. The summed E-state index contributed by atoms with van der Waals surface area (Å²) in [5.41, 5.74) is 1.72. The maximum Gasteiger partial charge on any atom is 0.252 e. The van der Waals surface area contributed by atoms with Crippen LogP contribution in [0.4, 0.5) is 0 Å². The van der Waals surface area contributed by atoms with E-state index in [4.69, 9.17) is 9.47 Å². The minimum Gasteiger partial charge on any atom is -0.490 e. The first-order chi connectivity index (χ1) is 12.1. The van der Waals surface area contributed by atoms with Crippen molar-refractivity contribution >= 4 is 28.5 Å². The standard InChI is InChI=1S/C20H22INO3/c1-13(2)19(22-20(23)15-6-3-4-7-16(15)21)14-8-9-17-18(12-14)25-11-5-10-24-17/h3-4,6-9,12-13,19H,5,10-11H2,1-2H3,(H,22,23). The van der Waals surface area contributed by atoms with E-state index >= 15 is 0 Å². The molecule has 0 spiro atoms. The first kappa shape index (κ1) is 18.0. The predicted octanol–water partition coefficient (Wildman–Crippen LogP) is 4.58. The number of nitrogens with one attached hydrogen (secondary N) is 1. The highest BCUT2D eigenvalue weighted by Gasteiger charge is 2.22. The fourth-order valence-electron chi connectivity index (χ4n) is 2.87. The molecule has 0 aromatic heterocycles. The largest absolute Gasteiger partial charge is 0.490 e. The summed E-state index contributed by atoms with van der Waals surface area (Å²) in [5, 5.41) is 3.17. The van der Waals surface area contributed by atoms with E-state index < -0.39 is 0 Å². The second-order valence-corrected chi connectivity index (χ2v) is 7.59. The van der Waals surface area contributed by atoms with Crippen LogP contribution < -0.4 is 14.8 Å². The molecule has 3 rings (SSSR count). The van der Waals surface area contributed by atoms with Gasteiger partial charge in [-0.25, -0.2) is 0 Å². The third-order valence-electron chi connectivity index (χ3n) is 4.20. The number of carbonyl (C=O) groups excluding carboxylic acids is 1. The number of hydrogen-bond acceptors (Lipinski definition) is 3. The van der Waals surface area contributed by atoms with E-state index in [0.29, 0.717) is 18.8 Å². The molecular weight excluding hydrogens is 429 g/mol. The normalized spacial score (nSPS) is 14.7. The highest BCUT2D eigenvalue weighted by atomic mass is 127. The lowest BCUT2D eigenvalue weighted by Crippen LogP contribution is -2.32. The molecule has 0 radical (unpaired) electrons. The van der Waals surface area contributed by atoms with Crippen LogP contribution >= 0.6 is 22.6 Å². The van der Waals surface area contributed by atoms with Crippen molar-refractivity contribution in [1.82, 2.24) is 5.32 Å². The van der Waals surface area contributed by atoms with E-state index in [-0.39, 0.29) is 17.9 Å². The zero-order chi connectivity index (χ0) is 17.8. The van der Waals surface area contributed by atoms with Crippen molar-refractivity contribution in [2.75, 3.05) is 13.2 Å². The van der Waals surface area contributed by atoms with E-state index in [0.717, 1.165) is 27.1 Å². The zero-order valence-corrected chi connectivity index (χ0v) is 16.6. The van der Waals surface area contributed by atoms with Crippen molar-refractivity contribution in [2.24, 2.45) is 5.92 Å². The number of amides is 1. The maximum absolute atomic E-state index is 12.7. The summed E-state index contributed by atoms with van der Waals surface area (Å²) < 4.78 is 12.4. The summed E-state index contributed by atoms with van der Waals surface area (Å²) >= 11 is 2.19. The van der Waals surface area contributed by atoms with E-state index in [9.17, 15) is 4.79 Å². The second kappa shape index (κ2) is 8.08. The number of ether oxygens (including phenoxy) is 2. The topological polar surface area (TPSA) is 47.6 Å². The Morgan fingerprint density at radius 2 is 1.80 bits per heavy atom. The van der Waals surface area contributed by atoms with Gasteiger partial charge in [0.05, 0.1) is 24.8 Å². The monoisotopic (exact) mass is 451 g/mol. The first-order valence-electron chi connectivity index (χ1n) is 8.51. The van der Waals surface area contributed by atoms with Crippen LogP contribution in [0.15, 0.2) is 42.5 Å². The van der Waals surface area contributed by atoms with Crippen molar-refractivity contribution in [3.05, 3.63) is 57.2 Å². The van der Waals surface area contributed by atoms with Crippen molar-refractivity contribution < 1.29 is 14.3 Å². The number of benzene rings is 2. The smallest absolute Gasteiger partial charge is 0.252 e. The molecular formula is C20H22INO3. The maximum atomic E-state index is 12.7. The van der Waals surface area contributed by atoms with Crippen molar-refractivity contribution in [1.29, 1.82) is 0 Å². The van der Waals surface area contributed by atoms with Gasteiger partial charge in [0.1, 0.15) is 0 Å². The molecule has 1 heterocycles. The third kappa shape index (κ3) is 4.26. The molecule has 2 aromatic rings. The van der Waals surface area contributed by atoms with Gasteiger partial charge in [0.2, 0.25) is 0 Å². The third-order valence-corrected chi connectivity index (χ3v) is 5.14. The van der Waals surface area contributed by atoms with Gasteiger partial charge < -0.3 is 14.8 Å². The van der Waals surface area contributed by atoms with Crippen LogP contribution in [0.25, 0.3) is 0 Å². The molecule has 5 heteroatoms. The number of halogens is 1. The molecule has 1 atom stereocenters. The molecule has 0 saturated carbocycles. The Balaban J connectivity index is 1.85. The Morgan fingerprint density at radius 3 is 2.52 bits per heavy atom. The molecule has 2 aromatic carbocycles. The number of hydrogen-bond donors (Lipinski definition) is 1. The molecule has 0 fully saturated rings. The van der Waals surface area contributed by atoms with Crippen molar-refractivity contribution in [2.45, 2.75) is 26.3 Å². The highest BCUT2D eigenvalue weighted by molar-refractivity contribution is 14.1. The summed E-state index contributed by atoms with van der Waals surface area (Å²) in [6, 6.07) is 13.4. The van der Waals surface area contributed by atoms with E-state index in [2.05, 4.69) is 41.8 Å². The lowest BCUT2D eigenvalue weighted by atomic mass is 9.95. The summed E-state index contributed by atoms with van der Waals surface area (Å²) in [4.78, 5) is 12.7. The van der Waals surface area contributed by atoms with Gasteiger partial charge in [-0.3, -0.25) is 4.79 Å². The number of carbonyl (C=O) groups is 1. The van der Waals surface area contributed by atoms with Crippen LogP contribution in [0.1, 0.15) is 42.2 Å². The number of fused-ring (bicyclic) bond motifs is 1. The Morgan fingerprint density at radius 1 is 1.08 bits per heavy atom. The first-order valence-corrected chi connectivity index (χ1v) is 9.59. The molecule has 1 amide bonds. The molecule has 25 heavy (non-hydrogen) atoms. The lowest BCUT2D eigenvalue weighted by molar-refractivity contribution is 0.0924. The summed E-state index contributed by atoms with van der Waals surface area (Å²) in [6.45, 7) is 5.52. The molecule has 1 N–H and O–H groups in total. The molecule has 1 unspecified atom stereocenters. The van der Waals surface area contributed by atoms with Crippen LogP contribution in [0.2, 0.25) is 0 Å². The molecule has 1 aliphatic rings. The lowest BCUT2D eigenvalue weighted by Gasteiger charge is -2.24. The Hall–Kier alpha value is -1.76. The summed E-state index contributed by atoms with van der Waals surface area (Å²) in [5.74, 6) is 1.71. The van der Waals surface area contributed by atoms with Crippen LogP contribution in [-0.2, 0) is 0 Å². The Kier molecular flexibility index (Phi) is 5.83. The van der Waals surface area contributed by atoms with Gasteiger partial charge in [-0.15, -0.1) is 0 Å². The summed E-state index contributed by atoms with van der Waals surface area (Å²) in [6.07, 6.45) is 0.876. The van der Waals surface area contributed by atoms with Gasteiger partial charge in [0.15, 0.2) is 11.5 Å². The minimum absolute atomic E-state index is 0.0594. The second-order valence-electron chi connectivity index (χ2n) is 6.43. The van der Waals surface area contributed by atoms with Gasteiger partial charge >= 0.3 is 0 Å². The molecule has 0 bridgehead atoms. The van der Waals surface area contributed by atoms with Crippen molar-refractivity contribution in [3.8, 4) is 11.5 Å². The van der Waals surface area contributed by atoms with E-state index in [1.807, 2.05) is 42.5 Å². The minimum atomic E-state index is -0.0966. The fraction of sp³-hybridized carbons (Fsp3) is 0.350. The van der Waals surface area contributed by atoms with Gasteiger partial charge in [-0.1, -0.05) is 32.0 Å². The van der Waals surface area contributed by atoms with Crippen LogP contribution in [0.5, 0.6) is 11.5 Å². The van der Waals surface area contributed by atoms with E-state index in [1.54, 1.807) is 0 Å². The average Bonchev–Trinajstić information content (AvgIpc) is 2.84. The van der Waals surface area contributed by atoms with Gasteiger partial charge in [-0.05, 0) is 58.3 Å². The molecule has 0 aliphatic carbocycles. The highest BCUT2D eigenvalue weighted by Crippen LogP contribution is 2.34. The summed E-state index contributed by atoms with van der Waals surface area (Å²) in [7, 11) is 0. The van der Waals surface area contributed by atoms with E-state index in [1.165, 1.54) is 0 Å². The zero-order valence-electron chi connectivity index (χ0n) is 14.4. The number of rotatable bonds is 4. The van der Waals surface area contributed by atoms with Gasteiger partial charge in [0.25, 0.3) is 5.91 Å². The SMILES string of the molecule is CC(C)C(NC(=O)c1ccccc1I)c1ccc2c(c1)OCCCO2. The van der Waals surface area contributed by atoms with Gasteiger partial charge in [0, 0.05) is 9.99 Å².